The predicted octanol–water partition coefficient (Wildman–Crippen LogP) is 3.56. The van der Waals surface area contributed by atoms with Gasteiger partial charge in [-0.1, -0.05) is 39.5 Å². The minimum atomic E-state index is -0.676. The van der Waals surface area contributed by atoms with Crippen LogP contribution in [0.25, 0.3) is 0 Å². The molecule has 7 nitrogen and oxygen atoms in total. The van der Waals surface area contributed by atoms with Gasteiger partial charge < -0.3 is 20.4 Å². The molecule has 34 heavy (non-hydrogen) atoms. The first-order valence-electron chi connectivity index (χ1n) is 12.4. The van der Waals surface area contributed by atoms with Crippen LogP contribution in [0.2, 0.25) is 0 Å². The molecule has 3 N–H and O–H groups in total. The van der Waals surface area contributed by atoms with Gasteiger partial charge in [0.15, 0.2) is 5.13 Å². The van der Waals surface area contributed by atoms with Crippen molar-refractivity contribution in [1.82, 2.24) is 9.88 Å². The Kier molecular flexibility index (Phi) is 8.43. The van der Waals surface area contributed by atoms with E-state index in [9.17, 15) is 19.8 Å². The molecule has 188 valence electrons. The SMILES string of the molecule is C#CCN(C)C(=O)C[C@@H]1c2nc(NC(=O)CCCCC)sc2C[C@H]2[C@](C)(CO)[C@H](O)CC[C@]21C. The smallest absolute Gasteiger partial charge is 0.226 e. The van der Waals surface area contributed by atoms with E-state index >= 15 is 0 Å². The lowest BCUT2D eigenvalue weighted by molar-refractivity contribution is -0.146. The molecule has 2 amide bonds. The van der Waals surface area contributed by atoms with Crippen LogP contribution < -0.4 is 5.32 Å². The summed E-state index contributed by atoms with van der Waals surface area (Å²) in [6.45, 7) is 6.34. The highest BCUT2D eigenvalue weighted by atomic mass is 32.1. The maximum Gasteiger partial charge on any atom is 0.226 e. The van der Waals surface area contributed by atoms with Crippen LogP contribution in [0, 0.1) is 29.1 Å². The van der Waals surface area contributed by atoms with Crippen molar-refractivity contribution in [3.05, 3.63) is 10.6 Å². The number of rotatable bonds is 9. The molecule has 1 fully saturated rings. The summed E-state index contributed by atoms with van der Waals surface area (Å²) in [5.41, 5.74) is -0.136. The topological polar surface area (TPSA) is 103 Å². The zero-order chi connectivity index (χ0) is 25.1. The van der Waals surface area contributed by atoms with E-state index in [1.54, 1.807) is 11.9 Å². The second-order valence-electron chi connectivity index (χ2n) is 10.5. The Bertz CT molecular complexity index is 941. The molecular formula is C26H39N3O4S. The maximum absolute atomic E-state index is 13.1. The lowest BCUT2D eigenvalue weighted by Gasteiger charge is -2.58. The molecule has 2 aliphatic carbocycles. The average Bonchev–Trinajstić information content (AvgIpc) is 3.20. The molecule has 2 aliphatic rings. The molecule has 1 heterocycles. The summed E-state index contributed by atoms with van der Waals surface area (Å²) in [5, 5.41) is 24.7. The fourth-order valence-electron chi connectivity index (χ4n) is 5.97. The monoisotopic (exact) mass is 489 g/mol. The molecule has 8 heteroatoms. The van der Waals surface area contributed by atoms with Gasteiger partial charge >= 0.3 is 0 Å². The number of fused-ring (bicyclic) bond motifs is 2. The van der Waals surface area contributed by atoms with Gasteiger partial charge in [0.1, 0.15) is 0 Å². The van der Waals surface area contributed by atoms with Crippen LogP contribution in [-0.2, 0) is 16.0 Å². The second-order valence-corrected chi connectivity index (χ2v) is 11.6. The molecule has 0 radical (unpaired) electrons. The van der Waals surface area contributed by atoms with Crippen LogP contribution in [0.1, 0.15) is 82.2 Å². The van der Waals surface area contributed by atoms with Gasteiger partial charge in [0, 0.05) is 36.1 Å². The number of carbonyl (C=O) groups is 2. The number of unbranched alkanes of at least 4 members (excludes halogenated alkanes) is 2. The number of carbonyl (C=O) groups excluding carboxylic acids is 2. The highest BCUT2D eigenvalue weighted by Gasteiger charge is 2.59. The van der Waals surface area contributed by atoms with Crippen molar-refractivity contribution in [1.29, 1.82) is 0 Å². The highest BCUT2D eigenvalue weighted by Crippen LogP contribution is 2.62. The van der Waals surface area contributed by atoms with Crippen molar-refractivity contribution in [3.63, 3.8) is 0 Å². The van der Waals surface area contributed by atoms with Gasteiger partial charge in [-0.15, -0.1) is 17.8 Å². The number of aromatic nitrogens is 1. The first-order valence-corrected chi connectivity index (χ1v) is 13.2. The third-order valence-electron chi connectivity index (χ3n) is 8.28. The number of thiazole rings is 1. The summed E-state index contributed by atoms with van der Waals surface area (Å²) in [4.78, 5) is 32.9. The van der Waals surface area contributed by atoms with Crippen molar-refractivity contribution in [2.24, 2.45) is 16.7 Å². The first-order chi connectivity index (χ1) is 16.1. The number of nitrogens with zero attached hydrogens (tertiary/aromatic N) is 2. The van der Waals surface area contributed by atoms with Crippen LogP contribution in [0.3, 0.4) is 0 Å². The first kappa shape index (κ1) is 26.7. The minimum Gasteiger partial charge on any atom is -0.396 e. The van der Waals surface area contributed by atoms with E-state index in [4.69, 9.17) is 11.4 Å². The molecule has 3 rings (SSSR count). The van der Waals surface area contributed by atoms with E-state index in [0.717, 1.165) is 36.3 Å². The van der Waals surface area contributed by atoms with Crippen LogP contribution in [0.4, 0.5) is 5.13 Å². The van der Waals surface area contributed by atoms with Crippen LogP contribution in [0.5, 0.6) is 0 Å². The van der Waals surface area contributed by atoms with E-state index < -0.39 is 11.5 Å². The minimum absolute atomic E-state index is 0.0226. The van der Waals surface area contributed by atoms with Gasteiger partial charge in [-0.3, -0.25) is 9.59 Å². The molecule has 1 aromatic heterocycles. The summed E-state index contributed by atoms with van der Waals surface area (Å²) < 4.78 is 0. The normalized spacial score (nSPS) is 30.1. The Balaban J connectivity index is 1.97. The largest absolute Gasteiger partial charge is 0.396 e. The molecule has 0 aliphatic heterocycles. The van der Waals surface area contributed by atoms with Crippen molar-refractivity contribution in [3.8, 4) is 12.3 Å². The maximum atomic E-state index is 13.1. The second kappa shape index (κ2) is 10.8. The average molecular weight is 490 g/mol. The Morgan fingerprint density at radius 3 is 2.74 bits per heavy atom. The van der Waals surface area contributed by atoms with Crippen LogP contribution >= 0.6 is 11.3 Å². The lowest BCUT2D eigenvalue weighted by Crippen LogP contribution is -2.57. The summed E-state index contributed by atoms with van der Waals surface area (Å²) in [6, 6.07) is 0. The van der Waals surface area contributed by atoms with Crippen LogP contribution in [0.15, 0.2) is 0 Å². The number of aliphatic hydroxyl groups excluding tert-OH is 2. The molecule has 0 bridgehead atoms. The summed E-state index contributed by atoms with van der Waals surface area (Å²) in [5.74, 6) is 2.22. The zero-order valence-electron chi connectivity index (χ0n) is 20.9. The van der Waals surface area contributed by atoms with Gasteiger partial charge in [0.2, 0.25) is 11.8 Å². The molecule has 0 spiro atoms. The van der Waals surface area contributed by atoms with Gasteiger partial charge in [-0.25, -0.2) is 4.98 Å². The van der Waals surface area contributed by atoms with Crippen molar-refractivity contribution in [2.45, 2.75) is 84.2 Å². The van der Waals surface area contributed by atoms with Crippen molar-refractivity contribution < 1.29 is 19.8 Å². The third-order valence-corrected chi connectivity index (χ3v) is 9.29. The van der Waals surface area contributed by atoms with E-state index in [2.05, 4.69) is 25.1 Å². The number of terminal acetylenes is 1. The number of anilines is 1. The Labute approximate surface area is 207 Å². The molecule has 1 aromatic rings. The summed E-state index contributed by atoms with van der Waals surface area (Å²) >= 11 is 1.46. The number of amides is 2. The third kappa shape index (κ3) is 5.02. The molecule has 0 unspecified atom stereocenters. The Morgan fingerprint density at radius 2 is 2.09 bits per heavy atom. The Hall–Kier alpha value is -1.95. The zero-order valence-corrected chi connectivity index (χ0v) is 21.7. The van der Waals surface area contributed by atoms with Gasteiger partial charge in [-0.05, 0) is 37.0 Å². The van der Waals surface area contributed by atoms with Gasteiger partial charge in [0.25, 0.3) is 0 Å². The van der Waals surface area contributed by atoms with Crippen LogP contribution in [-0.4, -0.2) is 58.2 Å². The molecule has 0 aromatic carbocycles. The Morgan fingerprint density at radius 1 is 1.35 bits per heavy atom. The number of hydrogen-bond acceptors (Lipinski definition) is 6. The molecule has 5 atom stereocenters. The predicted molar refractivity (Wildman–Crippen MR) is 134 cm³/mol. The summed E-state index contributed by atoms with van der Waals surface area (Å²) in [6.07, 6.45) is 10.4. The fraction of sp³-hybridized carbons (Fsp3) is 0.731. The molecule has 1 saturated carbocycles. The number of aliphatic hydroxyl groups is 2. The van der Waals surface area contributed by atoms with Gasteiger partial charge in [-0.2, -0.15) is 0 Å². The lowest BCUT2D eigenvalue weighted by atomic mass is 9.47. The quantitative estimate of drug-likeness (QED) is 0.364. The molecule has 0 saturated heterocycles. The standard InChI is InChI=1S/C26H39N3O4S/c1-6-8-9-10-21(32)27-24-28-23-17(14-22(33)29(5)13-7-2)25(3)12-11-20(31)26(4,16-30)19(25)15-18(23)34-24/h2,17,19-20,30-31H,6,8-16H2,1,3-5H3,(H,27,28,32)/t17-,19-,20-,25+,26+/m1/s1. The van der Waals surface area contributed by atoms with E-state index in [0.29, 0.717) is 24.4 Å². The summed E-state index contributed by atoms with van der Waals surface area (Å²) in [7, 11) is 1.71. The van der Waals surface area contributed by atoms with E-state index in [-0.39, 0.29) is 48.6 Å². The van der Waals surface area contributed by atoms with E-state index in [1.165, 1.54) is 11.3 Å². The van der Waals surface area contributed by atoms with Crippen molar-refractivity contribution in [2.75, 3.05) is 25.5 Å². The fourth-order valence-corrected chi connectivity index (χ4v) is 7.06. The van der Waals surface area contributed by atoms with Gasteiger partial charge in [0.05, 0.1) is 24.9 Å². The number of nitrogens with one attached hydrogen (secondary N) is 1. The number of hydrogen-bond donors (Lipinski definition) is 3. The highest BCUT2D eigenvalue weighted by molar-refractivity contribution is 7.15. The van der Waals surface area contributed by atoms with E-state index in [1.807, 2.05) is 6.92 Å². The van der Waals surface area contributed by atoms with Crippen molar-refractivity contribution >= 4 is 28.3 Å². The molecular weight excluding hydrogens is 450 g/mol.